The molecule has 0 spiro atoms. The van der Waals surface area contributed by atoms with Gasteiger partial charge in [-0.25, -0.2) is 0 Å². The van der Waals surface area contributed by atoms with E-state index in [0.29, 0.717) is 19.0 Å². The third-order valence-electron chi connectivity index (χ3n) is 3.99. The molecule has 3 nitrogen and oxygen atoms in total. The van der Waals surface area contributed by atoms with Crippen molar-refractivity contribution in [1.29, 1.82) is 0 Å². The zero-order chi connectivity index (χ0) is 16.0. The Kier molecular flexibility index (Phi) is 8.45. The monoisotopic (exact) mass is 356 g/mol. The molecule has 0 aromatic heterocycles. The molecule has 1 fully saturated rings. The lowest BCUT2D eigenvalue weighted by atomic mass is 9.86. The molecule has 0 saturated carbocycles. The summed E-state index contributed by atoms with van der Waals surface area (Å²) >= 11 is 1.93. The van der Waals surface area contributed by atoms with Gasteiger partial charge in [0, 0.05) is 37.1 Å². The van der Waals surface area contributed by atoms with Crippen LogP contribution < -0.4 is 10.6 Å². The minimum absolute atomic E-state index is 0. The number of thioether (sulfide) groups is 1. The fourth-order valence-electron chi connectivity index (χ4n) is 2.56. The Morgan fingerprint density at radius 2 is 2.00 bits per heavy atom. The fraction of sp³-hybridized carbons (Fsp3) is 0.611. The maximum absolute atomic E-state index is 11.9. The molecule has 2 N–H and O–H groups in total. The smallest absolute Gasteiger partial charge is 0.221 e. The van der Waals surface area contributed by atoms with Crippen molar-refractivity contribution in [3.8, 4) is 0 Å². The van der Waals surface area contributed by atoms with Crippen molar-refractivity contribution in [1.82, 2.24) is 10.6 Å². The number of rotatable bonds is 5. The number of carbonyl (C=O) groups is 1. The van der Waals surface area contributed by atoms with Gasteiger partial charge in [-0.3, -0.25) is 4.79 Å². The van der Waals surface area contributed by atoms with Gasteiger partial charge in [0.1, 0.15) is 0 Å². The molecule has 1 heterocycles. The van der Waals surface area contributed by atoms with Gasteiger partial charge in [0.05, 0.1) is 0 Å². The van der Waals surface area contributed by atoms with Gasteiger partial charge in [-0.2, -0.15) is 11.8 Å². The highest BCUT2D eigenvalue weighted by molar-refractivity contribution is 7.99. The van der Waals surface area contributed by atoms with E-state index in [2.05, 4.69) is 55.7 Å². The summed E-state index contributed by atoms with van der Waals surface area (Å²) in [4.78, 5) is 11.9. The van der Waals surface area contributed by atoms with E-state index in [1.165, 1.54) is 11.1 Å². The van der Waals surface area contributed by atoms with Crippen LogP contribution in [0.5, 0.6) is 0 Å². The van der Waals surface area contributed by atoms with E-state index in [4.69, 9.17) is 0 Å². The second kappa shape index (κ2) is 9.55. The molecule has 23 heavy (non-hydrogen) atoms. The number of nitrogens with one attached hydrogen (secondary N) is 2. The third kappa shape index (κ3) is 7.15. The maximum Gasteiger partial charge on any atom is 0.221 e. The second-order valence-electron chi connectivity index (χ2n) is 6.98. The van der Waals surface area contributed by atoms with Gasteiger partial charge in [-0.1, -0.05) is 45.0 Å². The summed E-state index contributed by atoms with van der Waals surface area (Å²) in [5.74, 6) is 2.36. The highest BCUT2D eigenvalue weighted by atomic mass is 35.5. The minimum Gasteiger partial charge on any atom is -0.356 e. The maximum atomic E-state index is 11.9. The molecule has 1 aromatic rings. The van der Waals surface area contributed by atoms with Gasteiger partial charge in [-0.05, 0) is 23.0 Å². The van der Waals surface area contributed by atoms with Crippen molar-refractivity contribution in [2.24, 2.45) is 0 Å². The Balaban J connectivity index is 0.00000264. The molecule has 1 saturated heterocycles. The first-order valence-electron chi connectivity index (χ1n) is 8.12. The number of carbonyl (C=O) groups excluding carboxylic acids is 1. The topological polar surface area (TPSA) is 41.1 Å². The lowest BCUT2D eigenvalue weighted by molar-refractivity contribution is -0.121. The van der Waals surface area contributed by atoms with Gasteiger partial charge in [0.2, 0.25) is 5.91 Å². The van der Waals surface area contributed by atoms with Crippen LogP contribution in [-0.4, -0.2) is 36.5 Å². The SMILES string of the molecule is CC(C)(C)c1ccc(CCNC(=O)CC2CSCCN2)cc1.Cl. The van der Waals surface area contributed by atoms with Crippen LogP contribution in [0.15, 0.2) is 24.3 Å². The van der Waals surface area contributed by atoms with Gasteiger partial charge >= 0.3 is 0 Å². The molecule has 1 aliphatic rings. The summed E-state index contributed by atoms with van der Waals surface area (Å²) in [5.41, 5.74) is 2.82. The summed E-state index contributed by atoms with van der Waals surface area (Å²) in [6, 6.07) is 9.07. The van der Waals surface area contributed by atoms with Crippen LogP contribution in [0.25, 0.3) is 0 Å². The highest BCUT2D eigenvalue weighted by Crippen LogP contribution is 2.22. The zero-order valence-corrected chi connectivity index (χ0v) is 16.0. The number of hydrogen-bond donors (Lipinski definition) is 2. The first-order chi connectivity index (χ1) is 10.4. The summed E-state index contributed by atoms with van der Waals surface area (Å²) in [5, 5.41) is 6.43. The average Bonchev–Trinajstić information content (AvgIpc) is 2.48. The van der Waals surface area contributed by atoms with E-state index >= 15 is 0 Å². The van der Waals surface area contributed by atoms with E-state index in [-0.39, 0.29) is 23.7 Å². The van der Waals surface area contributed by atoms with Crippen LogP contribution in [0.4, 0.5) is 0 Å². The molecule has 130 valence electrons. The van der Waals surface area contributed by atoms with Gasteiger partial charge in [0.25, 0.3) is 0 Å². The van der Waals surface area contributed by atoms with E-state index in [0.717, 1.165) is 24.5 Å². The summed E-state index contributed by atoms with van der Waals surface area (Å²) < 4.78 is 0. The Bertz CT molecular complexity index is 479. The van der Waals surface area contributed by atoms with Gasteiger partial charge in [0.15, 0.2) is 0 Å². The number of amides is 1. The largest absolute Gasteiger partial charge is 0.356 e. The van der Waals surface area contributed by atoms with E-state index in [1.54, 1.807) is 0 Å². The van der Waals surface area contributed by atoms with Crippen molar-refractivity contribution in [2.45, 2.75) is 45.1 Å². The Hall–Kier alpha value is -0.710. The molecule has 2 rings (SSSR count). The minimum atomic E-state index is 0. The fourth-order valence-corrected chi connectivity index (χ4v) is 3.51. The number of hydrogen-bond acceptors (Lipinski definition) is 3. The molecule has 1 unspecified atom stereocenters. The van der Waals surface area contributed by atoms with E-state index < -0.39 is 0 Å². The zero-order valence-electron chi connectivity index (χ0n) is 14.4. The highest BCUT2D eigenvalue weighted by Gasteiger charge is 2.16. The lowest BCUT2D eigenvalue weighted by Gasteiger charge is -2.22. The van der Waals surface area contributed by atoms with Crippen molar-refractivity contribution in [3.05, 3.63) is 35.4 Å². The average molecular weight is 357 g/mol. The first kappa shape index (κ1) is 20.3. The molecule has 0 aliphatic carbocycles. The predicted octanol–water partition coefficient (Wildman–Crippen LogP) is 3.16. The van der Waals surface area contributed by atoms with Crippen LogP contribution in [0.2, 0.25) is 0 Å². The normalized spacial score (nSPS) is 18.1. The Morgan fingerprint density at radius 3 is 2.57 bits per heavy atom. The Morgan fingerprint density at radius 1 is 1.30 bits per heavy atom. The summed E-state index contributed by atoms with van der Waals surface area (Å²) in [6.45, 7) is 8.40. The van der Waals surface area contributed by atoms with Crippen molar-refractivity contribution >= 4 is 30.1 Å². The third-order valence-corrected chi connectivity index (χ3v) is 5.12. The van der Waals surface area contributed by atoms with Crippen LogP contribution in [0, 0.1) is 0 Å². The standard InChI is InChI=1S/C18H28N2OS.ClH/c1-18(2,3)15-6-4-14(5-7-15)8-9-20-17(21)12-16-13-22-11-10-19-16;/h4-7,16,19H,8-13H2,1-3H3,(H,20,21);1H. The molecule has 1 atom stereocenters. The molecule has 1 aliphatic heterocycles. The molecule has 1 aromatic carbocycles. The molecular formula is C18H29ClN2OS. The van der Waals surface area contributed by atoms with E-state index in [9.17, 15) is 4.79 Å². The number of halogens is 1. The van der Waals surface area contributed by atoms with Crippen LogP contribution in [0.1, 0.15) is 38.3 Å². The molecule has 1 amide bonds. The summed E-state index contributed by atoms with van der Waals surface area (Å²) in [7, 11) is 0. The van der Waals surface area contributed by atoms with Crippen LogP contribution in [0.3, 0.4) is 0 Å². The first-order valence-corrected chi connectivity index (χ1v) is 9.28. The van der Waals surface area contributed by atoms with Crippen LogP contribution >= 0.6 is 24.2 Å². The quantitative estimate of drug-likeness (QED) is 0.851. The molecular weight excluding hydrogens is 328 g/mol. The molecule has 0 bridgehead atoms. The van der Waals surface area contributed by atoms with Crippen molar-refractivity contribution < 1.29 is 4.79 Å². The number of benzene rings is 1. The van der Waals surface area contributed by atoms with Gasteiger partial charge < -0.3 is 10.6 Å². The van der Waals surface area contributed by atoms with E-state index in [1.807, 2.05) is 11.8 Å². The van der Waals surface area contributed by atoms with Gasteiger partial charge in [-0.15, -0.1) is 12.4 Å². The predicted molar refractivity (Wildman–Crippen MR) is 103 cm³/mol. The lowest BCUT2D eigenvalue weighted by Crippen LogP contribution is -2.41. The van der Waals surface area contributed by atoms with Crippen molar-refractivity contribution in [2.75, 3.05) is 24.6 Å². The molecule has 0 radical (unpaired) electrons. The molecule has 5 heteroatoms. The Labute approximate surface area is 150 Å². The summed E-state index contributed by atoms with van der Waals surface area (Å²) in [6.07, 6.45) is 1.49. The second-order valence-corrected chi connectivity index (χ2v) is 8.13. The van der Waals surface area contributed by atoms with Crippen LogP contribution in [-0.2, 0) is 16.6 Å². The van der Waals surface area contributed by atoms with Crippen molar-refractivity contribution in [3.63, 3.8) is 0 Å².